The summed E-state index contributed by atoms with van der Waals surface area (Å²) in [5.74, 6) is -0.448. The fourth-order valence-electron chi connectivity index (χ4n) is 3.35. The molecule has 0 N–H and O–H groups in total. The quantitative estimate of drug-likeness (QED) is 0.153. The Labute approximate surface area is 219 Å². The van der Waals surface area contributed by atoms with Crippen LogP contribution in [0.2, 0.25) is 0 Å². The van der Waals surface area contributed by atoms with Crippen molar-refractivity contribution in [2.45, 2.75) is 45.3 Å². The van der Waals surface area contributed by atoms with Gasteiger partial charge in [-0.3, -0.25) is 9.69 Å². The number of benzene rings is 1. The van der Waals surface area contributed by atoms with Crippen LogP contribution in [0.3, 0.4) is 0 Å². The van der Waals surface area contributed by atoms with Crippen LogP contribution in [0.15, 0.2) is 12.1 Å². The van der Waals surface area contributed by atoms with Crippen molar-refractivity contribution in [3.05, 3.63) is 21.3 Å². The van der Waals surface area contributed by atoms with Gasteiger partial charge >= 0.3 is 12.1 Å². The van der Waals surface area contributed by atoms with Crippen molar-refractivity contribution in [2.24, 2.45) is 0 Å². The number of ether oxygens (including phenoxy) is 6. The van der Waals surface area contributed by atoms with Gasteiger partial charge in [0.05, 0.1) is 22.3 Å². The first-order valence-corrected chi connectivity index (χ1v) is 12.4. The zero-order chi connectivity index (χ0) is 26.0. The number of methoxy groups -OCH3 is 2. The molecule has 0 saturated carbocycles. The van der Waals surface area contributed by atoms with Crippen LogP contribution in [0, 0.1) is 3.57 Å². The minimum absolute atomic E-state index is 0.199. The van der Waals surface area contributed by atoms with Gasteiger partial charge in [-0.2, -0.15) is 0 Å². The largest absolute Gasteiger partial charge is 0.486 e. The number of esters is 1. The Morgan fingerprint density at radius 3 is 2.23 bits per heavy atom. The summed E-state index contributed by atoms with van der Waals surface area (Å²) in [6.07, 6.45) is 0.509. The van der Waals surface area contributed by atoms with Gasteiger partial charge in [-0.05, 0) is 68.3 Å². The number of ketones is 1. The lowest BCUT2D eigenvalue weighted by atomic mass is 10.1. The van der Waals surface area contributed by atoms with Crippen LogP contribution in [0.25, 0.3) is 0 Å². The summed E-state index contributed by atoms with van der Waals surface area (Å²) in [5, 5.41) is 0. The van der Waals surface area contributed by atoms with Crippen molar-refractivity contribution in [3.8, 4) is 11.5 Å². The number of hydrogen-bond donors (Lipinski definition) is 0. The van der Waals surface area contributed by atoms with Gasteiger partial charge in [0.2, 0.25) is 5.78 Å². The standard InChI is InChI=1S/C24H34INO9/c1-24(2,3)35-23(29)26-10-6-7-18(26)22(28)34-15-19(27)16-8-9-17(25)21(33-14-12-31-5)20(16)32-13-11-30-4/h8-9,18H,6-7,10-15H2,1-5H3/t18-/m0/s1. The van der Waals surface area contributed by atoms with E-state index in [4.69, 9.17) is 28.4 Å². The third-order valence-electron chi connectivity index (χ3n) is 4.93. The summed E-state index contributed by atoms with van der Waals surface area (Å²) < 4.78 is 33.2. The van der Waals surface area contributed by atoms with E-state index in [9.17, 15) is 14.4 Å². The number of amides is 1. The Bertz CT molecular complexity index is 884. The molecule has 1 saturated heterocycles. The number of carbonyl (C=O) groups excluding carboxylic acids is 3. The first kappa shape index (κ1) is 29.1. The molecule has 1 aromatic rings. The van der Waals surface area contributed by atoms with E-state index in [-0.39, 0.29) is 24.5 Å². The molecule has 0 aliphatic carbocycles. The molecule has 0 bridgehead atoms. The maximum Gasteiger partial charge on any atom is 0.411 e. The summed E-state index contributed by atoms with van der Waals surface area (Å²) >= 11 is 2.09. The van der Waals surface area contributed by atoms with Crippen molar-refractivity contribution < 1.29 is 42.8 Å². The molecule has 1 atom stereocenters. The van der Waals surface area contributed by atoms with Gasteiger partial charge in [0.25, 0.3) is 0 Å². The van der Waals surface area contributed by atoms with Gasteiger partial charge in [0.15, 0.2) is 18.1 Å². The third kappa shape index (κ3) is 8.80. The van der Waals surface area contributed by atoms with Crippen LogP contribution in [-0.4, -0.2) is 88.2 Å². The maximum atomic E-state index is 13.0. The van der Waals surface area contributed by atoms with E-state index in [0.717, 1.165) is 3.57 Å². The van der Waals surface area contributed by atoms with Crippen LogP contribution in [-0.2, 0) is 23.7 Å². The number of carbonyl (C=O) groups is 3. The zero-order valence-corrected chi connectivity index (χ0v) is 23.0. The molecule has 1 fully saturated rings. The molecule has 11 heteroatoms. The third-order valence-corrected chi connectivity index (χ3v) is 5.78. The Morgan fingerprint density at radius 2 is 1.63 bits per heavy atom. The molecule has 0 aromatic heterocycles. The molecule has 1 heterocycles. The van der Waals surface area contributed by atoms with Crippen LogP contribution in [0.1, 0.15) is 44.0 Å². The molecule has 0 radical (unpaired) electrons. The highest BCUT2D eigenvalue weighted by Gasteiger charge is 2.38. The second kappa shape index (κ2) is 13.8. The van der Waals surface area contributed by atoms with E-state index >= 15 is 0 Å². The number of hydrogen-bond acceptors (Lipinski definition) is 9. The summed E-state index contributed by atoms with van der Waals surface area (Å²) in [6.45, 7) is 6.29. The molecule has 196 valence electrons. The van der Waals surface area contributed by atoms with E-state index in [1.54, 1.807) is 47.1 Å². The number of Topliss-reactive ketones (excluding diaryl/α,β-unsaturated/α-hetero) is 1. The number of halogens is 1. The minimum atomic E-state index is -0.792. The van der Waals surface area contributed by atoms with Gasteiger partial charge in [-0.1, -0.05) is 0 Å². The van der Waals surface area contributed by atoms with E-state index in [2.05, 4.69) is 22.6 Å². The van der Waals surface area contributed by atoms with Crippen molar-refractivity contribution in [1.29, 1.82) is 0 Å². The summed E-state index contributed by atoms with van der Waals surface area (Å²) in [4.78, 5) is 39.6. The molecule has 1 amide bonds. The Kier molecular flexibility index (Phi) is 11.5. The van der Waals surface area contributed by atoms with Crippen molar-refractivity contribution in [1.82, 2.24) is 4.90 Å². The van der Waals surface area contributed by atoms with E-state index in [1.807, 2.05) is 0 Å². The first-order valence-electron chi connectivity index (χ1n) is 11.3. The zero-order valence-electron chi connectivity index (χ0n) is 20.9. The highest BCUT2D eigenvalue weighted by atomic mass is 127. The Hall–Kier alpha value is -2.12. The molecule has 2 rings (SSSR count). The molecule has 35 heavy (non-hydrogen) atoms. The van der Waals surface area contributed by atoms with Crippen LogP contribution in [0.4, 0.5) is 4.79 Å². The smallest absolute Gasteiger partial charge is 0.411 e. The van der Waals surface area contributed by atoms with Crippen LogP contribution >= 0.6 is 22.6 Å². The molecule has 1 aliphatic heterocycles. The van der Waals surface area contributed by atoms with Crippen molar-refractivity contribution in [2.75, 3.05) is 53.8 Å². The highest BCUT2D eigenvalue weighted by Crippen LogP contribution is 2.36. The molecule has 10 nitrogen and oxygen atoms in total. The van der Waals surface area contributed by atoms with E-state index in [1.165, 1.54) is 4.90 Å². The summed E-state index contributed by atoms with van der Waals surface area (Å²) in [7, 11) is 3.11. The van der Waals surface area contributed by atoms with Crippen molar-refractivity contribution >= 4 is 40.4 Å². The van der Waals surface area contributed by atoms with Crippen molar-refractivity contribution in [3.63, 3.8) is 0 Å². The molecule has 0 unspecified atom stereocenters. The van der Waals surface area contributed by atoms with Gasteiger partial charge in [-0.15, -0.1) is 0 Å². The lowest BCUT2D eigenvalue weighted by Crippen LogP contribution is -2.44. The Morgan fingerprint density at radius 1 is 1.00 bits per heavy atom. The van der Waals surface area contributed by atoms with Gasteiger partial charge in [0.1, 0.15) is 24.9 Å². The van der Waals surface area contributed by atoms with E-state index in [0.29, 0.717) is 38.3 Å². The van der Waals surface area contributed by atoms with Crippen LogP contribution in [0.5, 0.6) is 11.5 Å². The fraction of sp³-hybridized carbons (Fsp3) is 0.625. The predicted molar refractivity (Wildman–Crippen MR) is 135 cm³/mol. The average molecular weight is 607 g/mol. The second-order valence-electron chi connectivity index (χ2n) is 8.80. The maximum absolute atomic E-state index is 13.0. The van der Waals surface area contributed by atoms with Crippen LogP contribution < -0.4 is 9.47 Å². The molecular weight excluding hydrogens is 573 g/mol. The lowest BCUT2D eigenvalue weighted by Gasteiger charge is -2.27. The normalized spacial score (nSPS) is 15.6. The number of rotatable bonds is 12. The van der Waals surface area contributed by atoms with Gasteiger partial charge in [-0.25, -0.2) is 9.59 Å². The second-order valence-corrected chi connectivity index (χ2v) is 9.96. The van der Waals surface area contributed by atoms with Gasteiger partial charge in [0, 0.05) is 20.8 Å². The topological polar surface area (TPSA) is 110 Å². The SMILES string of the molecule is COCCOc1c(I)ccc(C(=O)COC(=O)[C@@H]2CCCN2C(=O)OC(C)(C)C)c1OCCOC. The van der Waals surface area contributed by atoms with Gasteiger partial charge < -0.3 is 28.4 Å². The number of likely N-dealkylation sites (tertiary alicyclic amines) is 1. The molecule has 1 aromatic carbocycles. The predicted octanol–water partition coefficient (Wildman–Crippen LogP) is 3.47. The Balaban J connectivity index is 2.12. The van der Waals surface area contributed by atoms with E-state index < -0.39 is 36.1 Å². The molecule has 1 aliphatic rings. The average Bonchev–Trinajstić information content (AvgIpc) is 3.28. The highest BCUT2D eigenvalue weighted by molar-refractivity contribution is 14.1. The fourth-order valence-corrected chi connectivity index (χ4v) is 3.93. The monoisotopic (exact) mass is 607 g/mol. The molecule has 0 spiro atoms. The first-order chi connectivity index (χ1) is 16.6. The summed E-state index contributed by atoms with van der Waals surface area (Å²) in [5.41, 5.74) is -0.464. The lowest BCUT2D eigenvalue weighted by molar-refractivity contribution is -0.147. The number of nitrogens with zero attached hydrogens (tertiary/aromatic N) is 1. The summed E-state index contributed by atoms with van der Waals surface area (Å²) in [6, 6.07) is 2.54. The minimum Gasteiger partial charge on any atom is -0.486 e. The molecular formula is C24H34INO9.